The highest BCUT2D eigenvalue weighted by atomic mass is 32.2. The van der Waals surface area contributed by atoms with Crippen LogP contribution < -0.4 is 14.8 Å². The van der Waals surface area contributed by atoms with Crippen LogP contribution in [0.5, 0.6) is 5.75 Å². The number of rotatable bonds is 7. The zero-order valence-corrected chi connectivity index (χ0v) is 15.3. The maximum atomic E-state index is 12.6. The summed E-state index contributed by atoms with van der Waals surface area (Å²) in [4.78, 5) is 12.2. The molecule has 0 saturated heterocycles. The van der Waals surface area contributed by atoms with Crippen molar-refractivity contribution in [3.63, 3.8) is 0 Å². The van der Waals surface area contributed by atoms with E-state index in [0.717, 1.165) is 6.42 Å². The van der Waals surface area contributed by atoms with Gasteiger partial charge in [0.15, 0.2) is 0 Å². The van der Waals surface area contributed by atoms with Crippen LogP contribution in [0.1, 0.15) is 30.6 Å². The van der Waals surface area contributed by atoms with Crippen molar-refractivity contribution < 1.29 is 17.9 Å². The second-order valence-electron chi connectivity index (χ2n) is 5.65. The minimum absolute atomic E-state index is 0.0164. The smallest absolute Gasteiger partial charge is 0.261 e. The minimum Gasteiger partial charge on any atom is -0.497 e. The van der Waals surface area contributed by atoms with Gasteiger partial charge >= 0.3 is 0 Å². The molecule has 7 heteroatoms. The van der Waals surface area contributed by atoms with E-state index in [-0.39, 0.29) is 16.8 Å². The summed E-state index contributed by atoms with van der Waals surface area (Å²) < 4.78 is 32.7. The van der Waals surface area contributed by atoms with Crippen molar-refractivity contribution in [2.24, 2.45) is 0 Å². The van der Waals surface area contributed by atoms with Crippen LogP contribution in [0.4, 0.5) is 5.69 Å². The fraction of sp³-hybridized carbons (Fsp3) is 0.278. The highest BCUT2D eigenvalue weighted by Crippen LogP contribution is 2.21. The molecule has 2 N–H and O–H groups in total. The average Bonchev–Trinajstić information content (AvgIpc) is 2.61. The fourth-order valence-corrected chi connectivity index (χ4v) is 3.21. The summed E-state index contributed by atoms with van der Waals surface area (Å²) in [5, 5.41) is 2.82. The molecule has 0 radical (unpaired) electrons. The average molecular weight is 362 g/mol. The van der Waals surface area contributed by atoms with Gasteiger partial charge < -0.3 is 10.1 Å². The molecule has 0 spiro atoms. The predicted octanol–water partition coefficient (Wildman–Crippen LogP) is 3.02. The summed E-state index contributed by atoms with van der Waals surface area (Å²) in [6.07, 6.45) is 0.793. The van der Waals surface area contributed by atoms with Crippen molar-refractivity contribution in [1.82, 2.24) is 5.32 Å². The van der Waals surface area contributed by atoms with E-state index in [9.17, 15) is 13.2 Å². The summed E-state index contributed by atoms with van der Waals surface area (Å²) in [6.45, 7) is 3.85. The summed E-state index contributed by atoms with van der Waals surface area (Å²) in [5.41, 5.74) is 0.683. The van der Waals surface area contributed by atoms with Crippen LogP contribution in [0.25, 0.3) is 0 Å². The zero-order chi connectivity index (χ0) is 18.4. The van der Waals surface area contributed by atoms with Gasteiger partial charge in [0.25, 0.3) is 15.9 Å². The first-order chi connectivity index (χ1) is 11.9. The third-order valence-electron chi connectivity index (χ3n) is 3.72. The highest BCUT2D eigenvalue weighted by Gasteiger charge is 2.17. The zero-order valence-electron chi connectivity index (χ0n) is 14.4. The molecule has 0 bridgehead atoms. The Labute approximate surface area is 148 Å². The molecule has 134 valence electrons. The molecule has 0 aliphatic carbocycles. The molecule has 0 fully saturated rings. The maximum Gasteiger partial charge on any atom is 0.261 e. The second-order valence-corrected chi connectivity index (χ2v) is 7.33. The molecule has 6 nitrogen and oxygen atoms in total. The molecular formula is C18H22N2O4S. The lowest BCUT2D eigenvalue weighted by molar-refractivity contribution is 0.0939. The summed E-state index contributed by atoms with van der Waals surface area (Å²) in [6, 6.07) is 12.6. The van der Waals surface area contributed by atoms with Crippen molar-refractivity contribution in [1.29, 1.82) is 0 Å². The molecule has 0 saturated carbocycles. The second kappa shape index (κ2) is 8.02. The first kappa shape index (κ1) is 18.8. The van der Waals surface area contributed by atoms with Gasteiger partial charge in [-0.15, -0.1) is 0 Å². The molecule has 2 aromatic rings. The van der Waals surface area contributed by atoms with Gasteiger partial charge in [0.2, 0.25) is 0 Å². The van der Waals surface area contributed by atoms with E-state index in [1.807, 2.05) is 13.8 Å². The molecule has 2 aromatic carbocycles. The van der Waals surface area contributed by atoms with E-state index in [2.05, 4.69) is 10.0 Å². The van der Waals surface area contributed by atoms with Gasteiger partial charge in [-0.1, -0.05) is 19.1 Å². The Morgan fingerprint density at radius 2 is 1.88 bits per heavy atom. The van der Waals surface area contributed by atoms with Gasteiger partial charge in [0.1, 0.15) is 5.75 Å². The van der Waals surface area contributed by atoms with Crippen LogP contribution in [-0.2, 0) is 10.0 Å². The summed E-state index contributed by atoms with van der Waals surface area (Å²) in [5.74, 6) is 0.245. The monoisotopic (exact) mass is 362 g/mol. The molecule has 1 atom stereocenters. The largest absolute Gasteiger partial charge is 0.497 e. The Balaban J connectivity index is 2.24. The summed E-state index contributed by atoms with van der Waals surface area (Å²) >= 11 is 0. The fourth-order valence-electron chi connectivity index (χ4n) is 2.11. The quantitative estimate of drug-likeness (QED) is 0.793. The van der Waals surface area contributed by atoms with Crippen molar-refractivity contribution in [2.45, 2.75) is 31.2 Å². The number of sulfonamides is 1. The number of nitrogens with one attached hydrogen (secondary N) is 2. The molecule has 25 heavy (non-hydrogen) atoms. The van der Waals surface area contributed by atoms with Crippen LogP contribution in [0.2, 0.25) is 0 Å². The van der Waals surface area contributed by atoms with E-state index in [1.165, 1.54) is 19.2 Å². The predicted molar refractivity (Wildman–Crippen MR) is 97.5 cm³/mol. The number of methoxy groups -OCH3 is 1. The van der Waals surface area contributed by atoms with Crippen LogP contribution in [0, 0.1) is 0 Å². The molecule has 1 amide bonds. The van der Waals surface area contributed by atoms with E-state index in [0.29, 0.717) is 17.0 Å². The molecule has 0 heterocycles. The van der Waals surface area contributed by atoms with Crippen molar-refractivity contribution in [3.8, 4) is 5.75 Å². The molecule has 0 aliphatic rings. The number of ether oxygens (including phenoxy) is 1. The lowest BCUT2D eigenvalue weighted by Gasteiger charge is -2.13. The number of amides is 1. The SMILES string of the molecule is CCC(C)NC(=O)c1cccc(S(=O)(=O)Nc2cccc(OC)c2)c1. The Morgan fingerprint density at radius 1 is 1.16 bits per heavy atom. The van der Waals surface area contributed by atoms with Crippen molar-refractivity contribution in [3.05, 3.63) is 54.1 Å². The molecule has 0 aromatic heterocycles. The normalized spacial score (nSPS) is 12.3. The number of hydrogen-bond donors (Lipinski definition) is 2. The van der Waals surface area contributed by atoms with Crippen molar-refractivity contribution in [2.75, 3.05) is 11.8 Å². The van der Waals surface area contributed by atoms with Crippen LogP contribution in [0.3, 0.4) is 0 Å². The number of carbonyl (C=O) groups excluding carboxylic acids is 1. The van der Waals surface area contributed by atoms with Gasteiger partial charge in [-0.2, -0.15) is 0 Å². The lowest BCUT2D eigenvalue weighted by Crippen LogP contribution is -2.32. The standard InChI is InChI=1S/C18H22N2O4S/c1-4-13(2)19-18(21)14-7-5-10-17(11-14)25(22,23)20-15-8-6-9-16(12-15)24-3/h5-13,20H,4H2,1-3H3,(H,19,21). The molecule has 0 aliphatic heterocycles. The van der Waals surface area contributed by atoms with Crippen LogP contribution >= 0.6 is 0 Å². The minimum atomic E-state index is -3.81. The number of anilines is 1. The topological polar surface area (TPSA) is 84.5 Å². The van der Waals surface area contributed by atoms with Gasteiger partial charge in [-0.05, 0) is 43.7 Å². The third-order valence-corrected chi connectivity index (χ3v) is 5.10. The van der Waals surface area contributed by atoms with Crippen molar-refractivity contribution >= 4 is 21.6 Å². The summed E-state index contributed by atoms with van der Waals surface area (Å²) in [7, 11) is -2.31. The number of carbonyl (C=O) groups is 1. The maximum absolute atomic E-state index is 12.6. The van der Waals surface area contributed by atoms with Crippen LogP contribution in [-0.4, -0.2) is 27.5 Å². The Hall–Kier alpha value is -2.54. The van der Waals surface area contributed by atoms with Crippen LogP contribution in [0.15, 0.2) is 53.4 Å². The lowest BCUT2D eigenvalue weighted by atomic mass is 10.2. The number of hydrogen-bond acceptors (Lipinski definition) is 4. The number of benzene rings is 2. The molecular weight excluding hydrogens is 340 g/mol. The van der Waals surface area contributed by atoms with E-state index >= 15 is 0 Å². The highest BCUT2D eigenvalue weighted by molar-refractivity contribution is 7.92. The Morgan fingerprint density at radius 3 is 2.56 bits per heavy atom. The Bertz CT molecular complexity index is 850. The molecule has 2 rings (SSSR count). The van der Waals surface area contributed by atoms with Gasteiger partial charge in [-0.25, -0.2) is 8.42 Å². The third kappa shape index (κ3) is 4.96. The van der Waals surface area contributed by atoms with Gasteiger partial charge in [0.05, 0.1) is 17.7 Å². The molecule has 1 unspecified atom stereocenters. The Kier molecular flexibility index (Phi) is 6.03. The van der Waals surface area contributed by atoms with Gasteiger partial charge in [0, 0.05) is 17.7 Å². The van der Waals surface area contributed by atoms with E-state index in [4.69, 9.17) is 4.74 Å². The first-order valence-electron chi connectivity index (χ1n) is 7.93. The van der Waals surface area contributed by atoms with E-state index < -0.39 is 10.0 Å². The first-order valence-corrected chi connectivity index (χ1v) is 9.42. The van der Waals surface area contributed by atoms with Gasteiger partial charge in [-0.3, -0.25) is 9.52 Å². The van der Waals surface area contributed by atoms with E-state index in [1.54, 1.807) is 36.4 Å².